The fraction of sp³-hybridized carbons (Fsp3) is 0. The van der Waals surface area contributed by atoms with E-state index in [4.69, 9.17) is 16.7 Å². The molecule has 2 heterocycles. The van der Waals surface area contributed by atoms with Crippen LogP contribution in [0.25, 0.3) is 0 Å². The van der Waals surface area contributed by atoms with Crippen LogP contribution in [-0.4, -0.2) is 36.9 Å². The molecule has 9 heteroatoms. The number of carboxylic acids is 1. The Morgan fingerprint density at radius 1 is 1.39 bits per heavy atom. The van der Waals surface area contributed by atoms with Crippen molar-refractivity contribution in [3.63, 3.8) is 0 Å². The van der Waals surface area contributed by atoms with E-state index in [1.165, 1.54) is 12.3 Å². The Kier molecular flexibility index (Phi) is 3.20. The number of anilines is 1. The van der Waals surface area contributed by atoms with Crippen LogP contribution >= 0.6 is 11.6 Å². The summed E-state index contributed by atoms with van der Waals surface area (Å²) in [5.41, 5.74) is -0.537. The minimum atomic E-state index is -1.28. The second-order valence-corrected chi connectivity index (χ2v) is 3.43. The number of carbonyl (C=O) groups is 2. The molecule has 0 saturated carbocycles. The number of amides is 1. The number of halogens is 1. The Bertz CT molecular complexity index is 612. The van der Waals surface area contributed by atoms with Gasteiger partial charge < -0.3 is 15.4 Å². The topological polar surface area (TPSA) is 121 Å². The lowest BCUT2D eigenvalue weighted by atomic mass is 10.3. The number of hydrogen-bond acceptors (Lipinski definition) is 5. The van der Waals surface area contributed by atoms with Crippen molar-refractivity contribution in [1.29, 1.82) is 0 Å². The summed E-state index contributed by atoms with van der Waals surface area (Å²) in [5.74, 6) is -1.83. The van der Waals surface area contributed by atoms with Gasteiger partial charge in [-0.2, -0.15) is 0 Å². The van der Waals surface area contributed by atoms with Crippen LogP contribution in [0.3, 0.4) is 0 Å². The molecule has 2 aromatic rings. The van der Waals surface area contributed by atoms with Gasteiger partial charge in [0.1, 0.15) is 5.82 Å². The van der Waals surface area contributed by atoms with Crippen LogP contribution in [0.4, 0.5) is 5.82 Å². The van der Waals surface area contributed by atoms with Crippen LogP contribution in [-0.2, 0) is 0 Å². The molecule has 2 rings (SSSR count). The van der Waals surface area contributed by atoms with Gasteiger partial charge in [-0.1, -0.05) is 0 Å². The fourth-order valence-electron chi connectivity index (χ4n) is 1.21. The SMILES string of the molecule is O=C(Nc1ccnc(Cl)n1)c1nc[nH]c1C(=O)O. The molecule has 0 spiro atoms. The summed E-state index contributed by atoms with van der Waals surface area (Å²) in [7, 11) is 0. The summed E-state index contributed by atoms with van der Waals surface area (Å²) in [6, 6.07) is 1.41. The molecule has 0 aliphatic heterocycles. The van der Waals surface area contributed by atoms with E-state index in [1.807, 2.05) is 0 Å². The van der Waals surface area contributed by atoms with Gasteiger partial charge in [0.15, 0.2) is 11.4 Å². The standard InChI is InChI=1S/C9H6ClN5O3/c10-9-11-2-1-4(15-9)14-7(16)5-6(8(17)18)13-3-12-5/h1-3H,(H,12,13)(H,17,18)(H,11,14,15,16). The lowest BCUT2D eigenvalue weighted by molar-refractivity contribution is 0.0686. The Morgan fingerprint density at radius 2 is 2.17 bits per heavy atom. The number of aromatic amines is 1. The minimum Gasteiger partial charge on any atom is -0.477 e. The number of aromatic nitrogens is 4. The van der Waals surface area contributed by atoms with E-state index in [0.717, 1.165) is 6.33 Å². The molecule has 2 aromatic heterocycles. The number of carboxylic acid groups (broad SMARTS) is 1. The first-order chi connectivity index (χ1) is 8.58. The Balaban J connectivity index is 2.22. The molecule has 0 radical (unpaired) electrons. The lowest BCUT2D eigenvalue weighted by Crippen LogP contribution is -2.17. The Morgan fingerprint density at radius 3 is 2.83 bits per heavy atom. The Labute approximate surface area is 105 Å². The summed E-state index contributed by atoms with van der Waals surface area (Å²) < 4.78 is 0. The number of rotatable bonds is 3. The van der Waals surface area contributed by atoms with Gasteiger partial charge in [0.05, 0.1) is 6.33 Å². The number of aromatic carboxylic acids is 1. The fourth-order valence-corrected chi connectivity index (χ4v) is 1.36. The van der Waals surface area contributed by atoms with Crippen LogP contribution in [0.2, 0.25) is 5.28 Å². The van der Waals surface area contributed by atoms with Crippen molar-refractivity contribution in [3.05, 3.63) is 35.3 Å². The van der Waals surface area contributed by atoms with E-state index in [2.05, 4.69) is 25.3 Å². The van der Waals surface area contributed by atoms with Crippen molar-refractivity contribution in [1.82, 2.24) is 19.9 Å². The van der Waals surface area contributed by atoms with Crippen LogP contribution in [0.1, 0.15) is 21.0 Å². The molecule has 0 aliphatic carbocycles. The van der Waals surface area contributed by atoms with E-state index >= 15 is 0 Å². The normalized spacial score (nSPS) is 10.1. The number of hydrogen-bond donors (Lipinski definition) is 3. The maximum Gasteiger partial charge on any atom is 0.354 e. The molecule has 0 unspecified atom stereocenters. The minimum absolute atomic E-state index is 0.0340. The van der Waals surface area contributed by atoms with Gasteiger partial charge in [0.25, 0.3) is 5.91 Å². The van der Waals surface area contributed by atoms with Gasteiger partial charge in [0.2, 0.25) is 5.28 Å². The van der Waals surface area contributed by atoms with Crippen LogP contribution in [0.15, 0.2) is 18.6 Å². The van der Waals surface area contributed by atoms with Gasteiger partial charge in [-0.25, -0.2) is 19.7 Å². The monoisotopic (exact) mass is 267 g/mol. The largest absolute Gasteiger partial charge is 0.477 e. The molecule has 0 saturated heterocycles. The van der Waals surface area contributed by atoms with E-state index in [0.29, 0.717) is 0 Å². The van der Waals surface area contributed by atoms with Gasteiger partial charge in [0, 0.05) is 6.20 Å². The summed E-state index contributed by atoms with van der Waals surface area (Å²) in [5, 5.41) is 11.1. The van der Waals surface area contributed by atoms with Crippen molar-refractivity contribution in [2.45, 2.75) is 0 Å². The summed E-state index contributed by atoms with van der Waals surface area (Å²) in [6.45, 7) is 0. The molecule has 0 aliphatic rings. The number of nitrogens with zero attached hydrogens (tertiary/aromatic N) is 3. The summed E-state index contributed by atoms with van der Waals surface area (Å²) in [6.07, 6.45) is 2.47. The van der Waals surface area contributed by atoms with E-state index < -0.39 is 11.9 Å². The van der Waals surface area contributed by atoms with Crippen molar-refractivity contribution in [3.8, 4) is 0 Å². The molecular formula is C9H6ClN5O3. The summed E-state index contributed by atoms with van der Waals surface area (Å²) in [4.78, 5) is 35.9. The van der Waals surface area contributed by atoms with E-state index in [1.54, 1.807) is 0 Å². The molecule has 18 heavy (non-hydrogen) atoms. The highest BCUT2D eigenvalue weighted by Crippen LogP contribution is 2.09. The van der Waals surface area contributed by atoms with Crippen molar-refractivity contribution >= 4 is 29.3 Å². The highest BCUT2D eigenvalue weighted by atomic mass is 35.5. The van der Waals surface area contributed by atoms with Gasteiger partial charge in [-0.15, -0.1) is 0 Å². The maximum absolute atomic E-state index is 11.8. The zero-order valence-electron chi connectivity index (χ0n) is 8.72. The molecule has 8 nitrogen and oxygen atoms in total. The first-order valence-electron chi connectivity index (χ1n) is 4.64. The lowest BCUT2D eigenvalue weighted by Gasteiger charge is -2.02. The van der Waals surface area contributed by atoms with Crippen LogP contribution < -0.4 is 5.32 Å². The molecule has 0 fully saturated rings. The summed E-state index contributed by atoms with van der Waals surface area (Å²) >= 11 is 5.55. The number of carbonyl (C=O) groups excluding carboxylic acids is 1. The van der Waals surface area contributed by atoms with Crippen molar-refractivity contribution < 1.29 is 14.7 Å². The molecular weight excluding hydrogens is 262 g/mol. The second kappa shape index (κ2) is 4.80. The molecule has 0 atom stereocenters. The number of H-pyrrole nitrogens is 1. The third kappa shape index (κ3) is 2.43. The quantitative estimate of drug-likeness (QED) is 0.707. The Hall–Kier alpha value is -2.48. The number of nitrogens with one attached hydrogen (secondary N) is 2. The predicted molar refractivity (Wildman–Crippen MR) is 60.5 cm³/mol. The molecule has 92 valence electrons. The highest BCUT2D eigenvalue weighted by Gasteiger charge is 2.20. The smallest absolute Gasteiger partial charge is 0.354 e. The van der Waals surface area contributed by atoms with Crippen LogP contribution in [0.5, 0.6) is 0 Å². The van der Waals surface area contributed by atoms with Gasteiger partial charge in [-0.3, -0.25) is 4.79 Å². The third-order valence-electron chi connectivity index (χ3n) is 1.94. The first-order valence-corrected chi connectivity index (χ1v) is 5.02. The second-order valence-electron chi connectivity index (χ2n) is 3.10. The van der Waals surface area contributed by atoms with Crippen LogP contribution in [0, 0.1) is 0 Å². The molecule has 1 amide bonds. The predicted octanol–water partition coefficient (Wildman–Crippen LogP) is 0.804. The molecule has 0 bridgehead atoms. The number of imidazole rings is 1. The first kappa shape index (κ1) is 12.0. The maximum atomic E-state index is 11.8. The zero-order valence-corrected chi connectivity index (χ0v) is 9.47. The van der Waals surface area contributed by atoms with Gasteiger partial charge in [-0.05, 0) is 17.7 Å². The van der Waals surface area contributed by atoms with Gasteiger partial charge >= 0.3 is 5.97 Å². The molecule has 3 N–H and O–H groups in total. The van der Waals surface area contributed by atoms with E-state index in [-0.39, 0.29) is 22.5 Å². The average molecular weight is 268 g/mol. The van der Waals surface area contributed by atoms with E-state index in [9.17, 15) is 9.59 Å². The third-order valence-corrected chi connectivity index (χ3v) is 2.12. The average Bonchev–Trinajstić information content (AvgIpc) is 2.77. The van der Waals surface area contributed by atoms with Crippen molar-refractivity contribution in [2.75, 3.05) is 5.32 Å². The molecule has 0 aromatic carbocycles. The highest BCUT2D eigenvalue weighted by molar-refractivity contribution is 6.28. The van der Waals surface area contributed by atoms with Crippen molar-refractivity contribution in [2.24, 2.45) is 0 Å². The zero-order chi connectivity index (χ0) is 13.1.